The van der Waals surface area contributed by atoms with Crippen LogP contribution in [0.2, 0.25) is 0 Å². The van der Waals surface area contributed by atoms with Crippen LogP contribution in [-0.2, 0) is 53.8 Å². The Morgan fingerprint density at radius 1 is 0.460 bits per heavy atom. The molecular weight excluding hydrogens is 807 g/mol. The summed E-state index contributed by atoms with van der Waals surface area (Å²) in [6.07, 6.45) is 10.0. The van der Waals surface area contributed by atoms with Crippen molar-refractivity contribution < 1.29 is 56.9 Å². The first-order chi connectivity index (χ1) is 31.3. The zero-order valence-electron chi connectivity index (χ0n) is 37.9. The number of nitrogens with one attached hydrogen (secondary N) is 1. The Kier molecular flexibility index (Phi) is 29.5. The fourth-order valence-electron chi connectivity index (χ4n) is 6.99. The lowest BCUT2D eigenvalue weighted by Crippen LogP contribution is -2.29. The van der Waals surface area contributed by atoms with E-state index in [9.17, 15) is 4.79 Å². The van der Waals surface area contributed by atoms with Crippen LogP contribution in [0.4, 0.5) is 4.79 Å². The van der Waals surface area contributed by atoms with Gasteiger partial charge in [0.25, 0.3) is 0 Å². The fourth-order valence-corrected chi connectivity index (χ4v) is 6.99. The molecule has 352 valence electrons. The highest BCUT2D eigenvalue weighted by molar-refractivity contribution is 5.79. The molecule has 0 spiro atoms. The largest absolute Gasteiger partial charge is 0.491 e. The normalized spacial score (nSPS) is 12.1. The second-order valence-electron chi connectivity index (χ2n) is 15.1. The maximum Gasteiger partial charge on any atom is 0.407 e. The van der Waals surface area contributed by atoms with Gasteiger partial charge in [-0.25, -0.2) is 4.79 Å². The summed E-state index contributed by atoms with van der Waals surface area (Å²) in [6, 6.07) is 25.0. The number of rotatable bonds is 41. The van der Waals surface area contributed by atoms with E-state index in [-0.39, 0.29) is 12.5 Å². The molecule has 0 aromatic heterocycles. The average Bonchev–Trinajstić information content (AvgIpc) is 3.63. The first-order valence-electron chi connectivity index (χ1n) is 23.3. The molecule has 0 saturated heterocycles. The molecule has 1 N–H and O–H groups in total. The molecule has 0 unspecified atom stereocenters. The molecule has 0 atom stereocenters. The first-order valence-corrected chi connectivity index (χ1v) is 23.3. The number of ether oxygens (including phenoxy) is 11. The van der Waals surface area contributed by atoms with Gasteiger partial charge in [0.15, 0.2) is 0 Å². The molecule has 1 amide bonds. The van der Waals surface area contributed by atoms with Gasteiger partial charge in [0.05, 0.1) is 119 Å². The van der Waals surface area contributed by atoms with Crippen LogP contribution >= 0.6 is 0 Å². The molecule has 13 nitrogen and oxygen atoms in total. The quantitative estimate of drug-likeness (QED) is 0.0554. The summed E-state index contributed by atoms with van der Waals surface area (Å²) in [7, 11) is 0. The maximum absolute atomic E-state index is 12.3. The van der Waals surface area contributed by atoms with Gasteiger partial charge in [0.1, 0.15) is 19.0 Å². The van der Waals surface area contributed by atoms with Crippen LogP contribution in [0.1, 0.15) is 74.5 Å². The van der Waals surface area contributed by atoms with E-state index < -0.39 is 6.09 Å². The van der Waals surface area contributed by atoms with Crippen molar-refractivity contribution in [1.29, 1.82) is 0 Å². The number of unbranched alkanes of at least 4 members (excludes halogenated alkanes) is 6. The Morgan fingerprint density at radius 2 is 0.857 bits per heavy atom. The Morgan fingerprint density at radius 3 is 1.32 bits per heavy atom. The fraction of sp³-hybridized carbons (Fsp3) is 0.620. The van der Waals surface area contributed by atoms with Crippen molar-refractivity contribution in [2.75, 3.05) is 139 Å². The monoisotopic (exact) mass is 882 g/mol. The molecule has 3 aromatic carbocycles. The van der Waals surface area contributed by atoms with E-state index in [1.807, 2.05) is 24.3 Å². The molecule has 0 saturated carbocycles. The van der Waals surface area contributed by atoms with E-state index in [1.165, 1.54) is 72.8 Å². The number of aryl methyl sites for hydroxylation is 1. The molecule has 13 heteroatoms. The highest BCUT2D eigenvalue weighted by Gasteiger charge is 2.29. The third-order valence-corrected chi connectivity index (χ3v) is 10.3. The van der Waals surface area contributed by atoms with Gasteiger partial charge in [-0.15, -0.1) is 0 Å². The molecule has 0 bridgehead atoms. The SMILES string of the molecule is CCCCCCCCCc1ccc(OCCOCCOCCOCCOCCOCCOCCOCCOCCOCCNC(=O)OCC2c3ccccc3-c3ccccc32)cc1. The molecule has 0 aliphatic heterocycles. The minimum absolute atomic E-state index is 0.0364. The molecule has 1 aliphatic carbocycles. The first kappa shape index (κ1) is 52.0. The topological polar surface area (TPSA) is 131 Å². The lowest BCUT2D eigenvalue weighted by Gasteiger charge is -2.14. The summed E-state index contributed by atoms with van der Waals surface area (Å²) in [5.74, 6) is 0.919. The molecule has 1 aliphatic rings. The standard InChI is InChI=1S/C50H75NO12/c1-2-3-4-5-6-7-8-13-43-18-20-44(21-19-43)62-41-40-61-39-38-60-37-36-59-35-34-58-33-32-57-31-30-56-29-28-55-27-26-54-25-24-53-23-22-51-50(52)63-42-49-47-16-11-9-14-45(47)46-15-10-12-17-48(46)49/h9-12,14-21,49H,2-8,13,22-42H2,1H3,(H,51,52). The van der Waals surface area contributed by atoms with Crippen molar-refractivity contribution in [1.82, 2.24) is 5.32 Å². The van der Waals surface area contributed by atoms with Gasteiger partial charge in [-0.3, -0.25) is 0 Å². The molecule has 3 aromatic rings. The highest BCUT2D eigenvalue weighted by atomic mass is 16.6. The second kappa shape index (κ2) is 35.7. The van der Waals surface area contributed by atoms with Crippen LogP contribution in [-0.4, -0.2) is 145 Å². The van der Waals surface area contributed by atoms with Crippen molar-refractivity contribution in [3.8, 4) is 16.9 Å². The molecule has 0 heterocycles. The van der Waals surface area contributed by atoms with Crippen molar-refractivity contribution in [3.05, 3.63) is 89.5 Å². The van der Waals surface area contributed by atoms with Gasteiger partial charge < -0.3 is 57.4 Å². The zero-order valence-corrected chi connectivity index (χ0v) is 37.9. The summed E-state index contributed by atoms with van der Waals surface area (Å²) < 4.78 is 61.3. The summed E-state index contributed by atoms with van der Waals surface area (Å²) in [5.41, 5.74) is 6.15. The number of hydrogen-bond acceptors (Lipinski definition) is 12. The lowest BCUT2D eigenvalue weighted by atomic mass is 9.98. The van der Waals surface area contributed by atoms with E-state index in [4.69, 9.17) is 52.1 Å². The molecule has 4 rings (SSSR count). The predicted octanol–water partition coefficient (Wildman–Crippen LogP) is 8.05. The third kappa shape index (κ3) is 23.8. The number of hydrogen-bond donors (Lipinski definition) is 1. The van der Waals surface area contributed by atoms with Crippen molar-refractivity contribution in [2.45, 2.75) is 64.2 Å². The average molecular weight is 882 g/mol. The van der Waals surface area contributed by atoms with Gasteiger partial charge in [-0.05, 0) is 52.8 Å². The van der Waals surface area contributed by atoms with Crippen molar-refractivity contribution in [2.24, 2.45) is 0 Å². The Balaban J connectivity index is 0.781. The minimum Gasteiger partial charge on any atom is -0.491 e. The summed E-state index contributed by atoms with van der Waals surface area (Å²) in [6.45, 7) is 12.1. The van der Waals surface area contributed by atoms with Crippen molar-refractivity contribution in [3.63, 3.8) is 0 Å². The van der Waals surface area contributed by atoms with Crippen LogP contribution in [0.15, 0.2) is 72.8 Å². The minimum atomic E-state index is -0.451. The van der Waals surface area contributed by atoms with Crippen LogP contribution in [0.25, 0.3) is 11.1 Å². The number of benzene rings is 3. The lowest BCUT2D eigenvalue weighted by molar-refractivity contribution is -0.0253. The Hall–Kier alpha value is -3.63. The summed E-state index contributed by atoms with van der Waals surface area (Å²) in [5, 5.41) is 2.75. The zero-order chi connectivity index (χ0) is 44.1. The highest BCUT2D eigenvalue weighted by Crippen LogP contribution is 2.44. The summed E-state index contributed by atoms with van der Waals surface area (Å²) in [4.78, 5) is 12.3. The van der Waals surface area contributed by atoms with Crippen LogP contribution in [0, 0.1) is 0 Å². The van der Waals surface area contributed by atoms with Gasteiger partial charge in [-0.1, -0.05) is 106 Å². The van der Waals surface area contributed by atoms with Crippen molar-refractivity contribution >= 4 is 6.09 Å². The number of fused-ring (bicyclic) bond motifs is 3. The maximum atomic E-state index is 12.3. The number of alkyl carbamates (subject to hydrolysis) is 1. The van der Waals surface area contributed by atoms with E-state index in [1.54, 1.807) is 0 Å². The summed E-state index contributed by atoms with van der Waals surface area (Å²) >= 11 is 0. The van der Waals surface area contributed by atoms with E-state index >= 15 is 0 Å². The van der Waals surface area contributed by atoms with Gasteiger partial charge in [0, 0.05) is 12.5 Å². The number of carbonyl (C=O) groups excluding carboxylic acids is 1. The second-order valence-corrected chi connectivity index (χ2v) is 15.1. The molecule has 63 heavy (non-hydrogen) atoms. The van der Waals surface area contributed by atoms with Crippen LogP contribution in [0.5, 0.6) is 5.75 Å². The smallest absolute Gasteiger partial charge is 0.407 e. The molecule has 0 radical (unpaired) electrons. The number of amides is 1. The van der Waals surface area contributed by atoms with Gasteiger partial charge in [-0.2, -0.15) is 0 Å². The molecule has 0 fully saturated rings. The Labute approximate surface area is 376 Å². The van der Waals surface area contributed by atoms with Crippen LogP contribution < -0.4 is 10.1 Å². The molecular formula is C50H75NO12. The van der Waals surface area contributed by atoms with Gasteiger partial charge in [0.2, 0.25) is 0 Å². The predicted molar refractivity (Wildman–Crippen MR) is 244 cm³/mol. The van der Waals surface area contributed by atoms with Crippen LogP contribution in [0.3, 0.4) is 0 Å². The third-order valence-electron chi connectivity index (χ3n) is 10.3. The van der Waals surface area contributed by atoms with E-state index in [0.29, 0.717) is 132 Å². The number of carbonyl (C=O) groups is 1. The van der Waals surface area contributed by atoms with E-state index in [2.05, 4.69) is 60.8 Å². The van der Waals surface area contributed by atoms with Gasteiger partial charge >= 0.3 is 6.09 Å². The van der Waals surface area contributed by atoms with E-state index in [0.717, 1.165) is 12.2 Å². The Bertz CT molecular complexity index is 1510.